The summed E-state index contributed by atoms with van der Waals surface area (Å²) in [5.74, 6) is 2.75. The van der Waals surface area contributed by atoms with Crippen LogP contribution in [0.2, 0.25) is 0 Å². The number of anilines is 1. The number of benzene rings is 1. The number of aromatic nitrogens is 3. The quantitative estimate of drug-likeness (QED) is 0.644. The summed E-state index contributed by atoms with van der Waals surface area (Å²) < 4.78 is 2.38. The van der Waals surface area contributed by atoms with Crippen molar-refractivity contribution in [3.63, 3.8) is 0 Å². The van der Waals surface area contributed by atoms with Gasteiger partial charge in [-0.15, -0.1) is 10.2 Å². The van der Waals surface area contributed by atoms with Crippen molar-refractivity contribution in [2.24, 2.45) is 5.41 Å². The molecule has 0 unspecified atom stereocenters. The van der Waals surface area contributed by atoms with Gasteiger partial charge in [-0.2, -0.15) is 0 Å². The second kappa shape index (κ2) is 7.92. The van der Waals surface area contributed by atoms with Gasteiger partial charge < -0.3 is 9.88 Å². The monoisotopic (exact) mass is 394 g/mol. The Hall–Kier alpha value is -2.17. The molecular weight excluding hydrogens is 360 g/mol. The van der Waals surface area contributed by atoms with Gasteiger partial charge in [0.1, 0.15) is 11.6 Å². The zero-order valence-corrected chi connectivity index (χ0v) is 18.3. The minimum atomic E-state index is 0.0449. The maximum absolute atomic E-state index is 12.5. The average Bonchev–Trinajstić information content (AvgIpc) is 3.42. The van der Waals surface area contributed by atoms with Gasteiger partial charge in [0.15, 0.2) is 0 Å². The highest BCUT2D eigenvalue weighted by molar-refractivity contribution is 5.91. The lowest BCUT2D eigenvalue weighted by atomic mass is 9.59. The predicted octanol–water partition coefficient (Wildman–Crippen LogP) is 5.48. The molecule has 0 aliphatic heterocycles. The van der Waals surface area contributed by atoms with Crippen LogP contribution in [-0.2, 0) is 11.2 Å². The van der Waals surface area contributed by atoms with Crippen molar-refractivity contribution in [3.8, 4) is 0 Å². The Morgan fingerprint density at radius 2 is 1.90 bits per heavy atom. The number of aryl methyl sites for hydroxylation is 3. The third kappa shape index (κ3) is 4.10. The Bertz CT molecular complexity index is 884. The van der Waals surface area contributed by atoms with Gasteiger partial charge in [0.05, 0.1) is 0 Å². The van der Waals surface area contributed by atoms with Crippen LogP contribution in [0.4, 0.5) is 5.69 Å². The van der Waals surface area contributed by atoms with Crippen LogP contribution in [0.3, 0.4) is 0 Å². The van der Waals surface area contributed by atoms with Gasteiger partial charge in [-0.25, -0.2) is 0 Å². The molecule has 1 amide bonds. The molecule has 1 heterocycles. The topological polar surface area (TPSA) is 59.8 Å². The molecule has 1 aromatic carbocycles. The first-order valence-electron chi connectivity index (χ1n) is 11.3. The van der Waals surface area contributed by atoms with E-state index in [1.807, 2.05) is 19.1 Å². The van der Waals surface area contributed by atoms with E-state index in [1.165, 1.54) is 49.9 Å². The summed E-state index contributed by atoms with van der Waals surface area (Å²) in [6, 6.07) is 6.66. The molecular formula is C24H34N4O. The lowest BCUT2D eigenvalue weighted by molar-refractivity contribution is -0.116. The fraction of sp³-hybridized carbons (Fsp3) is 0.625. The van der Waals surface area contributed by atoms with E-state index in [-0.39, 0.29) is 5.91 Å². The summed E-state index contributed by atoms with van der Waals surface area (Å²) in [5.41, 5.74) is 3.71. The minimum absolute atomic E-state index is 0.0449. The molecule has 0 spiro atoms. The maximum Gasteiger partial charge on any atom is 0.224 e. The van der Waals surface area contributed by atoms with E-state index < -0.39 is 0 Å². The fourth-order valence-corrected chi connectivity index (χ4v) is 4.90. The van der Waals surface area contributed by atoms with Gasteiger partial charge in [-0.3, -0.25) is 4.79 Å². The number of hydrogen-bond acceptors (Lipinski definition) is 3. The zero-order chi connectivity index (χ0) is 20.6. The van der Waals surface area contributed by atoms with Crippen molar-refractivity contribution in [1.29, 1.82) is 0 Å². The summed E-state index contributed by atoms with van der Waals surface area (Å²) in [7, 11) is 0. The summed E-state index contributed by atoms with van der Waals surface area (Å²) in [5, 5.41) is 12.2. The molecule has 5 heteroatoms. The zero-order valence-electron chi connectivity index (χ0n) is 18.3. The van der Waals surface area contributed by atoms with E-state index >= 15 is 0 Å². The number of carbonyl (C=O) groups excluding carboxylic acids is 1. The molecule has 4 rings (SSSR count). The molecule has 0 bridgehead atoms. The van der Waals surface area contributed by atoms with Gasteiger partial charge in [-0.1, -0.05) is 44.4 Å². The molecule has 2 aromatic rings. The first-order valence-corrected chi connectivity index (χ1v) is 11.3. The predicted molar refractivity (Wildman–Crippen MR) is 116 cm³/mol. The number of carbonyl (C=O) groups is 1. The average molecular weight is 395 g/mol. The Kier molecular flexibility index (Phi) is 5.50. The molecule has 156 valence electrons. The van der Waals surface area contributed by atoms with Crippen molar-refractivity contribution in [3.05, 3.63) is 41.0 Å². The first-order chi connectivity index (χ1) is 13.9. The van der Waals surface area contributed by atoms with Crippen LogP contribution in [0.1, 0.15) is 93.5 Å². The van der Waals surface area contributed by atoms with Crippen LogP contribution in [0.15, 0.2) is 18.2 Å². The molecule has 0 atom stereocenters. The molecule has 2 fully saturated rings. The Balaban J connectivity index is 1.40. The highest BCUT2D eigenvalue weighted by atomic mass is 16.1. The fourth-order valence-electron chi connectivity index (χ4n) is 4.90. The third-order valence-corrected chi connectivity index (χ3v) is 7.16. The van der Waals surface area contributed by atoms with Crippen LogP contribution in [0.25, 0.3) is 0 Å². The van der Waals surface area contributed by atoms with Crippen LogP contribution < -0.4 is 5.32 Å². The lowest BCUT2D eigenvalue weighted by Gasteiger charge is -2.46. The van der Waals surface area contributed by atoms with E-state index in [4.69, 9.17) is 0 Å². The van der Waals surface area contributed by atoms with Crippen molar-refractivity contribution >= 4 is 11.6 Å². The van der Waals surface area contributed by atoms with Gasteiger partial charge in [0, 0.05) is 30.5 Å². The number of nitrogens with zero attached hydrogens (tertiary/aromatic N) is 3. The first kappa shape index (κ1) is 20.1. The lowest BCUT2D eigenvalue weighted by Crippen LogP contribution is -2.36. The normalized spacial score (nSPS) is 18.5. The molecule has 1 aromatic heterocycles. The van der Waals surface area contributed by atoms with Crippen LogP contribution >= 0.6 is 0 Å². The Labute approximate surface area is 174 Å². The van der Waals surface area contributed by atoms with Crippen LogP contribution in [0, 0.1) is 19.3 Å². The Morgan fingerprint density at radius 1 is 1.17 bits per heavy atom. The van der Waals surface area contributed by atoms with E-state index in [2.05, 4.69) is 46.9 Å². The highest BCUT2D eigenvalue weighted by Crippen LogP contribution is 2.55. The number of rotatable bonds is 8. The molecule has 0 saturated heterocycles. The van der Waals surface area contributed by atoms with E-state index in [0.717, 1.165) is 17.1 Å². The molecule has 2 aliphatic carbocycles. The van der Waals surface area contributed by atoms with Crippen molar-refractivity contribution in [2.45, 2.75) is 91.0 Å². The molecule has 1 N–H and O–H groups in total. The standard InChI is InChI=1S/C24H34N4O/c1-5-24(6-2)14-18(15-24)23-27-26-21(28(23)19-8-9-19)11-12-22(29)25-20-10-7-16(3)13-17(20)4/h7,10,13,18-19H,5-6,8-9,11-12,14-15H2,1-4H3,(H,25,29). The van der Waals surface area contributed by atoms with E-state index in [0.29, 0.717) is 30.2 Å². The van der Waals surface area contributed by atoms with Crippen LogP contribution in [-0.4, -0.2) is 20.7 Å². The van der Waals surface area contributed by atoms with Crippen molar-refractivity contribution in [1.82, 2.24) is 14.8 Å². The van der Waals surface area contributed by atoms with Gasteiger partial charge in [0.2, 0.25) is 5.91 Å². The SMILES string of the molecule is CCC1(CC)CC(c2nnc(CCC(=O)Nc3ccc(C)cc3C)n2C2CC2)C1. The number of hydrogen-bond donors (Lipinski definition) is 1. The number of nitrogens with one attached hydrogen (secondary N) is 1. The second-order valence-corrected chi connectivity index (χ2v) is 9.25. The molecule has 5 nitrogen and oxygen atoms in total. The molecule has 0 radical (unpaired) electrons. The maximum atomic E-state index is 12.5. The largest absolute Gasteiger partial charge is 0.326 e. The van der Waals surface area contributed by atoms with Crippen LogP contribution in [0.5, 0.6) is 0 Å². The molecule has 29 heavy (non-hydrogen) atoms. The second-order valence-electron chi connectivity index (χ2n) is 9.25. The smallest absolute Gasteiger partial charge is 0.224 e. The molecule has 2 saturated carbocycles. The summed E-state index contributed by atoms with van der Waals surface area (Å²) in [6.45, 7) is 8.72. The summed E-state index contributed by atoms with van der Waals surface area (Å²) in [6.07, 6.45) is 8.50. The van der Waals surface area contributed by atoms with Gasteiger partial charge in [-0.05, 0) is 56.6 Å². The van der Waals surface area contributed by atoms with E-state index in [1.54, 1.807) is 0 Å². The highest BCUT2D eigenvalue weighted by Gasteiger charge is 2.45. The number of amides is 1. The molecule has 2 aliphatic rings. The third-order valence-electron chi connectivity index (χ3n) is 7.16. The summed E-state index contributed by atoms with van der Waals surface area (Å²) >= 11 is 0. The van der Waals surface area contributed by atoms with Gasteiger partial charge in [0.25, 0.3) is 0 Å². The minimum Gasteiger partial charge on any atom is -0.326 e. The van der Waals surface area contributed by atoms with E-state index in [9.17, 15) is 4.79 Å². The van der Waals surface area contributed by atoms with Gasteiger partial charge >= 0.3 is 0 Å². The van der Waals surface area contributed by atoms with Crippen molar-refractivity contribution < 1.29 is 4.79 Å². The Morgan fingerprint density at radius 3 is 2.52 bits per heavy atom. The summed E-state index contributed by atoms with van der Waals surface area (Å²) in [4.78, 5) is 12.5. The van der Waals surface area contributed by atoms with Crippen molar-refractivity contribution in [2.75, 3.05) is 5.32 Å².